The Labute approximate surface area is 105 Å². The van der Waals surface area contributed by atoms with E-state index in [1.165, 1.54) is 11.3 Å². The van der Waals surface area contributed by atoms with E-state index in [1.807, 2.05) is 25.1 Å². The minimum absolute atomic E-state index is 0.203. The second-order valence-electron chi connectivity index (χ2n) is 2.89. The number of alkyl halides is 1. The Morgan fingerprint density at radius 3 is 3.00 bits per heavy atom. The Bertz CT molecular complexity index is 479. The van der Waals surface area contributed by atoms with Gasteiger partial charge in [0.05, 0.1) is 10.8 Å². The predicted octanol–water partition coefficient (Wildman–Crippen LogP) is 2.95. The third kappa shape index (κ3) is 4.13. The summed E-state index contributed by atoms with van der Waals surface area (Å²) >= 11 is 6.98. The summed E-state index contributed by atoms with van der Waals surface area (Å²) < 4.78 is 0. The quantitative estimate of drug-likeness (QED) is 0.632. The maximum atomic E-state index is 9.48. The summed E-state index contributed by atoms with van der Waals surface area (Å²) in [6.45, 7) is 1.90. The molecule has 0 radical (unpaired) electrons. The van der Waals surface area contributed by atoms with Crippen molar-refractivity contribution in [3.8, 4) is 23.7 Å². The van der Waals surface area contributed by atoms with Crippen LogP contribution in [0, 0.1) is 23.7 Å². The van der Waals surface area contributed by atoms with Gasteiger partial charge in [-0.1, -0.05) is 12.0 Å². The molecule has 0 fully saturated rings. The third-order valence-electron chi connectivity index (χ3n) is 1.67. The summed E-state index contributed by atoms with van der Waals surface area (Å²) in [5.74, 6) is 11.3. The molecule has 1 N–H and O–H groups in total. The van der Waals surface area contributed by atoms with Gasteiger partial charge < -0.3 is 5.11 Å². The molecule has 1 rings (SSSR count). The average Bonchev–Trinajstić information content (AvgIpc) is 2.76. The van der Waals surface area contributed by atoms with Gasteiger partial charge in [-0.2, -0.15) is 0 Å². The molecule has 1 heterocycles. The van der Waals surface area contributed by atoms with Gasteiger partial charge in [0.25, 0.3) is 0 Å². The Kier molecular flexibility index (Phi) is 5.75. The number of hydrogen-bond acceptors (Lipinski definition) is 2. The summed E-state index contributed by atoms with van der Waals surface area (Å²) in [5, 5.41) is 9.48. The van der Waals surface area contributed by atoms with E-state index < -0.39 is 6.10 Å². The number of rotatable bonds is 2. The molecular weight excluding hydrogens is 240 g/mol. The lowest BCUT2D eigenvalue weighted by atomic mass is 10.3. The Morgan fingerprint density at radius 2 is 2.31 bits per heavy atom. The molecule has 0 bridgehead atoms. The van der Waals surface area contributed by atoms with Crippen molar-refractivity contribution in [3.05, 3.63) is 34.0 Å². The molecule has 16 heavy (non-hydrogen) atoms. The van der Waals surface area contributed by atoms with Gasteiger partial charge >= 0.3 is 0 Å². The minimum Gasteiger partial charge on any atom is -0.386 e. The molecule has 0 spiro atoms. The fraction of sp³-hybridized carbons (Fsp3) is 0.231. The van der Waals surface area contributed by atoms with Gasteiger partial charge in [0, 0.05) is 4.88 Å². The predicted molar refractivity (Wildman–Crippen MR) is 69.5 cm³/mol. The van der Waals surface area contributed by atoms with Crippen LogP contribution in [0.25, 0.3) is 0 Å². The van der Waals surface area contributed by atoms with Gasteiger partial charge in [-0.05, 0) is 42.9 Å². The van der Waals surface area contributed by atoms with Crippen molar-refractivity contribution >= 4 is 22.9 Å². The molecule has 1 nitrogen and oxygen atoms in total. The third-order valence-corrected chi connectivity index (χ3v) is 3.07. The van der Waals surface area contributed by atoms with Crippen LogP contribution in [-0.2, 0) is 0 Å². The lowest BCUT2D eigenvalue weighted by Crippen LogP contribution is -1.93. The standard InChI is InChI=1S/C13H11ClOS/c1-2-3-4-5-6-7-11-8-9-13(16-11)12(15)10-14/h2-3,8-9,12,15H,10H2,1H3/b3-2+/t12-/m1/s1. The van der Waals surface area contributed by atoms with Gasteiger partial charge in [-0.3, -0.25) is 0 Å². The molecule has 82 valence electrons. The Morgan fingerprint density at radius 1 is 1.50 bits per heavy atom. The lowest BCUT2D eigenvalue weighted by Gasteiger charge is -2.00. The molecule has 1 aromatic heterocycles. The van der Waals surface area contributed by atoms with E-state index >= 15 is 0 Å². The molecule has 0 saturated carbocycles. The van der Waals surface area contributed by atoms with Crippen LogP contribution >= 0.6 is 22.9 Å². The van der Waals surface area contributed by atoms with E-state index in [-0.39, 0.29) is 5.88 Å². The minimum atomic E-state index is -0.601. The zero-order chi connectivity index (χ0) is 11.8. The monoisotopic (exact) mass is 250 g/mol. The normalized spacial score (nSPS) is 11.4. The highest BCUT2D eigenvalue weighted by Gasteiger charge is 2.07. The summed E-state index contributed by atoms with van der Waals surface area (Å²) in [6, 6.07) is 3.70. The van der Waals surface area contributed by atoms with Gasteiger partial charge in [0.1, 0.15) is 6.10 Å². The molecule has 0 aliphatic heterocycles. The van der Waals surface area contributed by atoms with Crippen molar-refractivity contribution in [2.45, 2.75) is 13.0 Å². The van der Waals surface area contributed by atoms with Crippen molar-refractivity contribution in [2.24, 2.45) is 0 Å². The second-order valence-corrected chi connectivity index (χ2v) is 4.32. The van der Waals surface area contributed by atoms with Crippen molar-refractivity contribution in [1.82, 2.24) is 0 Å². The van der Waals surface area contributed by atoms with Crippen LogP contribution in [0.15, 0.2) is 24.3 Å². The molecule has 0 amide bonds. The van der Waals surface area contributed by atoms with Crippen molar-refractivity contribution in [1.29, 1.82) is 0 Å². The topological polar surface area (TPSA) is 20.2 Å². The fourth-order valence-corrected chi connectivity index (χ4v) is 2.03. The highest BCUT2D eigenvalue weighted by atomic mass is 35.5. The molecule has 1 aromatic rings. The summed E-state index contributed by atoms with van der Waals surface area (Å²) in [7, 11) is 0. The highest BCUT2D eigenvalue weighted by molar-refractivity contribution is 7.12. The van der Waals surface area contributed by atoms with E-state index in [0.717, 1.165) is 9.75 Å². The molecule has 0 unspecified atom stereocenters. The van der Waals surface area contributed by atoms with E-state index in [9.17, 15) is 5.11 Å². The smallest absolute Gasteiger partial charge is 0.102 e. The van der Waals surface area contributed by atoms with Gasteiger partial charge in [-0.25, -0.2) is 0 Å². The molecule has 0 aromatic carbocycles. The Hall–Kier alpha value is -1.19. The zero-order valence-electron chi connectivity index (χ0n) is 8.83. The SMILES string of the molecule is C/C=C/C#CC#Cc1ccc([C@H](O)CCl)s1. The first-order valence-corrected chi connectivity index (χ1v) is 6.09. The Balaban J connectivity index is 2.69. The van der Waals surface area contributed by atoms with Gasteiger partial charge in [0.15, 0.2) is 0 Å². The number of thiophene rings is 1. The molecule has 0 saturated heterocycles. The fourth-order valence-electron chi connectivity index (χ4n) is 0.929. The van der Waals surface area contributed by atoms with Crippen molar-refractivity contribution in [2.75, 3.05) is 5.88 Å². The first-order chi connectivity index (χ1) is 7.77. The van der Waals surface area contributed by atoms with Crippen LogP contribution < -0.4 is 0 Å². The van der Waals surface area contributed by atoms with E-state index in [0.29, 0.717) is 0 Å². The van der Waals surface area contributed by atoms with Gasteiger partial charge in [-0.15, -0.1) is 22.9 Å². The number of aliphatic hydroxyl groups excluding tert-OH is 1. The average molecular weight is 251 g/mol. The van der Waals surface area contributed by atoms with Crippen LogP contribution in [-0.4, -0.2) is 11.0 Å². The molecule has 3 heteroatoms. The van der Waals surface area contributed by atoms with Crippen LogP contribution in [0.2, 0.25) is 0 Å². The maximum absolute atomic E-state index is 9.48. The maximum Gasteiger partial charge on any atom is 0.102 e. The molecule has 0 aliphatic carbocycles. The number of allylic oxidation sites excluding steroid dienone is 2. The zero-order valence-corrected chi connectivity index (χ0v) is 10.4. The molecule has 0 aliphatic rings. The number of aliphatic hydroxyl groups is 1. The molecular formula is C13H11ClOS. The number of hydrogen-bond donors (Lipinski definition) is 1. The second kappa shape index (κ2) is 7.14. The molecule has 1 atom stereocenters. The van der Waals surface area contributed by atoms with Crippen LogP contribution in [0.5, 0.6) is 0 Å². The van der Waals surface area contributed by atoms with E-state index in [1.54, 1.807) is 6.08 Å². The van der Waals surface area contributed by atoms with Crippen molar-refractivity contribution < 1.29 is 5.11 Å². The summed E-state index contributed by atoms with van der Waals surface area (Å²) in [6.07, 6.45) is 3.00. The van der Waals surface area contributed by atoms with Gasteiger partial charge in [0.2, 0.25) is 0 Å². The first-order valence-electron chi connectivity index (χ1n) is 4.74. The summed E-state index contributed by atoms with van der Waals surface area (Å²) in [5.41, 5.74) is 0. The van der Waals surface area contributed by atoms with Crippen LogP contribution in [0.4, 0.5) is 0 Å². The van der Waals surface area contributed by atoms with E-state index in [2.05, 4.69) is 23.7 Å². The van der Waals surface area contributed by atoms with Crippen molar-refractivity contribution in [3.63, 3.8) is 0 Å². The first kappa shape index (κ1) is 12.9. The highest BCUT2D eigenvalue weighted by Crippen LogP contribution is 2.23. The van der Waals surface area contributed by atoms with E-state index in [4.69, 9.17) is 11.6 Å². The van der Waals surface area contributed by atoms with Crippen LogP contribution in [0.3, 0.4) is 0 Å². The lowest BCUT2D eigenvalue weighted by molar-refractivity contribution is 0.206. The summed E-state index contributed by atoms with van der Waals surface area (Å²) in [4.78, 5) is 1.72. The largest absolute Gasteiger partial charge is 0.386 e. The van der Waals surface area contributed by atoms with Crippen LogP contribution in [0.1, 0.15) is 22.8 Å². The number of halogens is 1.